The minimum absolute atomic E-state index is 0.153. The number of aldehydes is 1. The van der Waals surface area contributed by atoms with Gasteiger partial charge in [-0.15, -0.1) is 0 Å². The Labute approximate surface area is 117 Å². The van der Waals surface area contributed by atoms with Crippen LogP contribution in [0, 0.1) is 25.7 Å². The second kappa shape index (κ2) is 4.47. The van der Waals surface area contributed by atoms with Crippen molar-refractivity contribution in [2.45, 2.75) is 59.8 Å². The van der Waals surface area contributed by atoms with Gasteiger partial charge in [-0.05, 0) is 59.3 Å². The summed E-state index contributed by atoms with van der Waals surface area (Å²) in [4.78, 5) is 11.4. The summed E-state index contributed by atoms with van der Waals surface area (Å²) in [6.07, 6.45) is 1.02. The molecule has 2 unspecified atom stereocenters. The largest absolute Gasteiger partial charge is 0.298 e. The monoisotopic (exact) mass is 258 g/mol. The van der Waals surface area contributed by atoms with E-state index in [4.69, 9.17) is 0 Å². The summed E-state index contributed by atoms with van der Waals surface area (Å²) in [7, 11) is 0. The van der Waals surface area contributed by atoms with Crippen LogP contribution in [-0.4, -0.2) is 6.29 Å². The van der Waals surface area contributed by atoms with E-state index in [1.54, 1.807) is 0 Å². The Morgan fingerprint density at radius 1 is 1.26 bits per heavy atom. The molecule has 0 radical (unpaired) electrons. The Hall–Kier alpha value is -1.11. The fourth-order valence-electron chi connectivity index (χ4n) is 4.21. The maximum absolute atomic E-state index is 11.4. The van der Waals surface area contributed by atoms with Gasteiger partial charge in [0.1, 0.15) is 0 Å². The summed E-state index contributed by atoms with van der Waals surface area (Å²) in [5, 5.41) is 0. The fourth-order valence-corrected chi connectivity index (χ4v) is 4.21. The molecule has 0 spiro atoms. The Kier molecular flexibility index (Phi) is 3.36. The molecule has 1 aliphatic rings. The molecular weight excluding hydrogens is 232 g/mol. The van der Waals surface area contributed by atoms with E-state index in [1.807, 2.05) is 0 Å². The molecule has 1 aliphatic carbocycles. The zero-order valence-electron chi connectivity index (χ0n) is 13.3. The first kappa shape index (κ1) is 14.3. The van der Waals surface area contributed by atoms with Crippen LogP contribution in [0.2, 0.25) is 0 Å². The predicted octanol–water partition coefficient (Wildman–Crippen LogP) is 4.78. The normalized spacial score (nSPS) is 24.6. The topological polar surface area (TPSA) is 17.1 Å². The number of aryl methyl sites for hydroxylation is 1. The van der Waals surface area contributed by atoms with E-state index in [0.29, 0.717) is 17.8 Å². The summed E-state index contributed by atoms with van der Waals surface area (Å²) in [6, 6.07) is 2.27. The van der Waals surface area contributed by atoms with E-state index in [9.17, 15) is 4.79 Å². The number of hydrogen-bond acceptors (Lipinski definition) is 1. The van der Waals surface area contributed by atoms with Crippen molar-refractivity contribution in [1.29, 1.82) is 0 Å². The summed E-state index contributed by atoms with van der Waals surface area (Å²) in [6.45, 7) is 15.8. The van der Waals surface area contributed by atoms with Crippen LogP contribution in [-0.2, 0) is 5.41 Å². The highest BCUT2D eigenvalue weighted by Gasteiger charge is 2.45. The maximum atomic E-state index is 11.4. The van der Waals surface area contributed by atoms with E-state index in [0.717, 1.165) is 17.4 Å². The molecule has 104 valence electrons. The molecule has 1 heteroatoms. The molecule has 19 heavy (non-hydrogen) atoms. The third kappa shape index (κ3) is 1.86. The minimum Gasteiger partial charge on any atom is -0.298 e. The van der Waals surface area contributed by atoms with E-state index < -0.39 is 0 Å². The van der Waals surface area contributed by atoms with Crippen LogP contribution in [0.5, 0.6) is 0 Å². The van der Waals surface area contributed by atoms with Crippen LogP contribution in [0.3, 0.4) is 0 Å². The third-order valence-corrected chi connectivity index (χ3v) is 5.38. The van der Waals surface area contributed by atoms with Crippen LogP contribution in [0.15, 0.2) is 6.07 Å². The first-order valence-electron chi connectivity index (χ1n) is 7.33. The molecule has 0 aromatic heterocycles. The summed E-state index contributed by atoms with van der Waals surface area (Å²) in [5.74, 6) is 1.85. The molecule has 1 aromatic rings. The Bertz CT molecular complexity index is 523. The van der Waals surface area contributed by atoms with Gasteiger partial charge in [-0.3, -0.25) is 4.79 Å². The summed E-state index contributed by atoms with van der Waals surface area (Å²) in [5.41, 5.74) is 6.27. The molecule has 0 amide bonds. The third-order valence-electron chi connectivity index (χ3n) is 5.38. The molecular formula is C18H26O. The van der Waals surface area contributed by atoms with Crippen molar-refractivity contribution in [3.05, 3.63) is 33.9 Å². The van der Waals surface area contributed by atoms with E-state index in [-0.39, 0.29) is 5.41 Å². The second-order valence-corrected chi connectivity index (χ2v) is 7.09. The van der Waals surface area contributed by atoms with E-state index >= 15 is 0 Å². The molecule has 1 nitrogen and oxygen atoms in total. The summed E-state index contributed by atoms with van der Waals surface area (Å²) < 4.78 is 0. The summed E-state index contributed by atoms with van der Waals surface area (Å²) >= 11 is 0. The van der Waals surface area contributed by atoms with Crippen molar-refractivity contribution >= 4 is 6.29 Å². The van der Waals surface area contributed by atoms with Gasteiger partial charge < -0.3 is 0 Å². The van der Waals surface area contributed by atoms with Crippen LogP contribution in [0.25, 0.3) is 0 Å². The maximum Gasteiger partial charge on any atom is 0.150 e. The fraction of sp³-hybridized carbons (Fsp3) is 0.611. The van der Waals surface area contributed by atoms with Gasteiger partial charge in [-0.25, -0.2) is 0 Å². The van der Waals surface area contributed by atoms with E-state index in [1.165, 1.54) is 16.7 Å². The molecule has 0 bridgehead atoms. The number of fused-ring (bicyclic) bond motifs is 1. The van der Waals surface area contributed by atoms with E-state index in [2.05, 4.69) is 54.5 Å². The van der Waals surface area contributed by atoms with Crippen LogP contribution in [0.1, 0.15) is 73.1 Å². The number of rotatable bonds is 2. The van der Waals surface area contributed by atoms with Crippen molar-refractivity contribution in [1.82, 2.24) is 0 Å². The first-order valence-corrected chi connectivity index (χ1v) is 7.33. The molecule has 0 N–H and O–H groups in total. The average molecular weight is 258 g/mol. The molecule has 0 aliphatic heterocycles. The first-order chi connectivity index (χ1) is 8.73. The smallest absolute Gasteiger partial charge is 0.150 e. The predicted molar refractivity (Wildman–Crippen MR) is 81.1 cm³/mol. The number of hydrogen-bond donors (Lipinski definition) is 0. The molecule has 0 saturated carbocycles. The van der Waals surface area contributed by atoms with Gasteiger partial charge in [0.2, 0.25) is 0 Å². The van der Waals surface area contributed by atoms with Crippen LogP contribution >= 0.6 is 0 Å². The molecule has 0 fully saturated rings. The average Bonchev–Trinajstić information content (AvgIpc) is 2.47. The van der Waals surface area contributed by atoms with Crippen LogP contribution < -0.4 is 0 Å². The Morgan fingerprint density at radius 2 is 1.84 bits per heavy atom. The van der Waals surface area contributed by atoms with Crippen molar-refractivity contribution in [2.75, 3.05) is 0 Å². The quantitative estimate of drug-likeness (QED) is 0.697. The lowest BCUT2D eigenvalue weighted by Crippen LogP contribution is -2.25. The molecule has 2 atom stereocenters. The van der Waals surface area contributed by atoms with Crippen molar-refractivity contribution in [3.63, 3.8) is 0 Å². The zero-order valence-corrected chi connectivity index (χ0v) is 13.3. The second-order valence-electron chi connectivity index (χ2n) is 7.09. The van der Waals surface area contributed by atoms with Crippen LogP contribution in [0.4, 0.5) is 0 Å². The lowest BCUT2D eigenvalue weighted by atomic mass is 9.74. The highest BCUT2D eigenvalue weighted by atomic mass is 16.1. The molecule has 1 aromatic carbocycles. The van der Waals surface area contributed by atoms with Crippen molar-refractivity contribution in [3.8, 4) is 0 Å². The SMILES string of the molecule is Cc1cc2c(c(C)c1C=O)C(C)(C)C(C)C2C(C)C. The zero-order chi connectivity index (χ0) is 14.5. The highest BCUT2D eigenvalue weighted by Crippen LogP contribution is 2.54. The molecule has 0 heterocycles. The number of carbonyl (C=O) groups excluding carboxylic acids is 1. The highest BCUT2D eigenvalue weighted by molar-refractivity contribution is 5.81. The van der Waals surface area contributed by atoms with Gasteiger partial charge in [0.05, 0.1) is 0 Å². The Balaban J connectivity index is 2.79. The number of carbonyl (C=O) groups is 1. The molecule has 2 rings (SSSR count). The lowest BCUT2D eigenvalue weighted by Gasteiger charge is -2.30. The number of benzene rings is 1. The van der Waals surface area contributed by atoms with Gasteiger partial charge in [-0.1, -0.05) is 40.7 Å². The van der Waals surface area contributed by atoms with Gasteiger partial charge in [-0.2, -0.15) is 0 Å². The molecule has 0 saturated heterocycles. The lowest BCUT2D eigenvalue weighted by molar-refractivity contribution is 0.112. The van der Waals surface area contributed by atoms with Crippen molar-refractivity contribution < 1.29 is 4.79 Å². The van der Waals surface area contributed by atoms with Gasteiger partial charge >= 0.3 is 0 Å². The minimum atomic E-state index is 0.153. The van der Waals surface area contributed by atoms with Gasteiger partial charge in [0.25, 0.3) is 0 Å². The standard InChI is InChI=1S/C18H26O/c1-10(2)16-13(5)18(6,7)17-12(4)15(9-19)11(3)8-14(16)17/h8-10,13,16H,1-7H3. The van der Waals surface area contributed by atoms with Gasteiger partial charge in [0, 0.05) is 5.56 Å². The van der Waals surface area contributed by atoms with Crippen molar-refractivity contribution in [2.24, 2.45) is 11.8 Å². The van der Waals surface area contributed by atoms with Gasteiger partial charge in [0.15, 0.2) is 6.29 Å². The Morgan fingerprint density at radius 3 is 2.32 bits per heavy atom.